The Morgan fingerprint density at radius 1 is 1.65 bits per heavy atom. The molecule has 0 saturated carbocycles. The molecule has 0 aromatic carbocycles. The monoisotopic (exact) mass is 270 g/mol. The molecule has 0 radical (unpaired) electrons. The van der Waals surface area contributed by atoms with Gasteiger partial charge >= 0.3 is 0 Å². The van der Waals surface area contributed by atoms with Gasteiger partial charge in [-0.05, 0) is 17.9 Å². The molecule has 1 fully saturated rings. The van der Waals surface area contributed by atoms with Crippen LogP contribution in [0.3, 0.4) is 0 Å². The van der Waals surface area contributed by atoms with Gasteiger partial charge in [0.2, 0.25) is 5.91 Å². The van der Waals surface area contributed by atoms with Crippen molar-refractivity contribution in [1.29, 1.82) is 0 Å². The number of hydrogen-bond donors (Lipinski definition) is 1. The first-order valence-electron chi connectivity index (χ1n) is 5.86. The number of nitrogens with zero attached hydrogens (tertiary/aromatic N) is 1. The molecule has 2 heterocycles. The van der Waals surface area contributed by atoms with Gasteiger partial charge in [-0.1, -0.05) is 6.07 Å². The minimum Gasteiger partial charge on any atom is -0.344 e. The number of carbonyl (C=O) groups is 1. The molecule has 94 valence electrons. The Balaban J connectivity index is 1.78. The molecule has 1 aliphatic rings. The predicted molar refractivity (Wildman–Crippen MR) is 74.8 cm³/mol. The number of nitrogens with one attached hydrogen (secondary N) is 1. The van der Waals surface area contributed by atoms with Gasteiger partial charge in [-0.3, -0.25) is 4.79 Å². The molecule has 1 unspecified atom stereocenters. The van der Waals surface area contributed by atoms with Crippen molar-refractivity contribution in [1.82, 2.24) is 10.2 Å². The zero-order chi connectivity index (χ0) is 12.1. The zero-order valence-corrected chi connectivity index (χ0v) is 11.6. The van der Waals surface area contributed by atoms with Crippen LogP contribution >= 0.6 is 23.1 Å². The van der Waals surface area contributed by atoms with Crippen molar-refractivity contribution < 1.29 is 4.79 Å². The largest absolute Gasteiger partial charge is 0.344 e. The third-order valence-electron chi connectivity index (χ3n) is 2.87. The lowest BCUT2D eigenvalue weighted by Gasteiger charge is -2.27. The number of hydrogen-bond acceptors (Lipinski definition) is 4. The highest BCUT2D eigenvalue weighted by molar-refractivity contribution is 7.99. The fourth-order valence-corrected chi connectivity index (χ4v) is 3.46. The summed E-state index contributed by atoms with van der Waals surface area (Å²) in [4.78, 5) is 15.3. The van der Waals surface area contributed by atoms with Gasteiger partial charge in [0.25, 0.3) is 0 Å². The fourth-order valence-electron chi connectivity index (χ4n) is 1.83. The maximum atomic E-state index is 12.1. The molecule has 1 aromatic heterocycles. The first kappa shape index (κ1) is 12.9. The van der Waals surface area contributed by atoms with Gasteiger partial charge in [0, 0.05) is 36.5 Å². The molecular weight excluding hydrogens is 252 g/mol. The Labute approximate surface area is 111 Å². The topological polar surface area (TPSA) is 32.3 Å². The number of likely N-dealkylation sites (N-methyl/N-ethyl adjacent to an activating group) is 1. The number of rotatable bonds is 4. The summed E-state index contributed by atoms with van der Waals surface area (Å²) < 4.78 is 0. The lowest BCUT2D eigenvalue weighted by Crippen LogP contribution is -2.49. The molecule has 1 aromatic rings. The highest BCUT2D eigenvalue weighted by atomic mass is 32.2. The van der Waals surface area contributed by atoms with Crippen molar-refractivity contribution >= 4 is 29.0 Å². The summed E-state index contributed by atoms with van der Waals surface area (Å²) in [6.45, 7) is 1.75. The van der Waals surface area contributed by atoms with Crippen LogP contribution in [0.2, 0.25) is 0 Å². The van der Waals surface area contributed by atoms with Crippen molar-refractivity contribution in [3.8, 4) is 0 Å². The molecule has 5 heteroatoms. The SMILES string of the molecule is CN(CCc1cccs1)C(=O)C1CSCCN1. The van der Waals surface area contributed by atoms with Crippen molar-refractivity contribution in [3.63, 3.8) is 0 Å². The van der Waals surface area contributed by atoms with Gasteiger partial charge in [-0.25, -0.2) is 0 Å². The molecule has 1 atom stereocenters. The lowest BCUT2D eigenvalue weighted by atomic mass is 10.2. The standard InChI is InChI=1S/C12H18N2OS2/c1-14(6-4-10-3-2-7-17-10)12(15)11-9-16-8-5-13-11/h2-3,7,11,13H,4-6,8-9H2,1H3. The highest BCUT2D eigenvalue weighted by Gasteiger charge is 2.23. The Morgan fingerprint density at radius 2 is 2.53 bits per heavy atom. The van der Waals surface area contributed by atoms with Gasteiger partial charge < -0.3 is 10.2 Å². The van der Waals surface area contributed by atoms with Crippen LogP contribution in [0.1, 0.15) is 4.88 Å². The molecule has 1 aliphatic heterocycles. The normalized spacial score (nSPS) is 20.2. The third kappa shape index (κ3) is 3.72. The van der Waals surface area contributed by atoms with Crippen LogP contribution in [-0.4, -0.2) is 48.5 Å². The van der Waals surface area contributed by atoms with E-state index in [1.54, 1.807) is 11.3 Å². The van der Waals surface area contributed by atoms with E-state index in [1.807, 2.05) is 23.7 Å². The Bertz CT molecular complexity index is 347. The van der Waals surface area contributed by atoms with Crippen LogP contribution in [0.25, 0.3) is 0 Å². The minimum atomic E-state index is 0.0158. The van der Waals surface area contributed by atoms with E-state index in [-0.39, 0.29) is 11.9 Å². The van der Waals surface area contributed by atoms with Gasteiger partial charge in [-0.15, -0.1) is 11.3 Å². The van der Waals surface area contributed by atoms with Gasteiger partial charge in [0.05, 0.1) is 6.04 Å². The molecule has 1 N–H and O–H groups in total. The third-order valence-corrected chi connectivity index (χ3v) is 4.87. The average Bonchev–Trinajstić information content (AvgIpc) is 2.89. The molecule has 0 spiro atoms. The summed E-state index contributed by atoms with van der Waals surface area (Å²) in [7, 11) is 1.90. The van der Waals surface area contributed by atoms with Crippen molar-refractivity contribution in [3.05, 3.63) is 22.4 Å². The number of amides is 1. The van der Waals surface area contributed by atoms with Crippen LogP contribution < -0.4 is 5.32 Å². The van der Waals surface area contributed by atoms with Gasteiger partial charge in [0.15, 0.2) is 0 Å². The van der Waals surface area contributed by atoms with E-state index >= 15 is 0 Å². The minimum absolute atomic E-state index is 0.0158. The summed E-state index contributed by atoms with van der Waals surface area (Å²) >= 11 is 3.61. The van der Waals surface area contributed by atoms with Crippen LogP contribution in [0.4, 0.5) is 0 Å². The predicted octanol–water partition coefficient (Wildman–Crippen LogP) is 1.45. The van der Waals surface area contributed by atoms with E-state index in [2.05, 4.69) is 22.8 Å². The van der Waals surface area contributed by atoms with Crippen molar-refractivity contribution in [2.75, 3.05) is 31.6 Å². The summed E-state index contributed by atoms with van der Waals surface area (Å²) in [5.41, 5.74) is 0. The van der Waals surface area contributed by atoms with Crippen molar-refractivity contribution in [2.45, 2.75) is 12.5 Å². The van der Waals surface area contributed by atoms with Gasteiger partial charge in [-0.2, -0.15) is 11.8 Å². The molecule has 1 saturated heterocycles. The summed E-state index contributed by atoms with van der Waals surface area (Å²) in [5, 5.41) is 5.36. The maximum Gasteiger partial charge on any atom is 0.240 e. The quantitative estimate of drug-likeness (QED) is 0.899. The number of carbonyl (C=O) groups excluding carboxylic acids is 1. The summed E-state index contributed by atoms with van der Waals surface area (Å²) in [5.74, 6) is 2.25. The number of thioether (sulfide) groups is 1. The lowest BCUT2D eigenvalue weighted by molar-refractivity contribution is -0.131. The Morgan fingerprint density at radius 3 is 3.18 bits per heavy atom. The maximum absolute atomic E-state index is 12.1. The van der Waals surface area contributed by atoms with Crippen LogP contribution in [0.5, 0.6) is 0 Å². The van der Waals surface area contributed by atoms with E-state index in [4.69, 9.17) is 0 Å². The fraction of sp³-hybridized carbons (Fsp3) is 0.583. The molecule has 2 rings (SSSR count). The van der Waals surface area contributed by atoms with Crippen molar-refractivity contribution in [2.24, 2.45) is 0 Å². The first-order chi connectivity index (χ1) is 8.27. The molecule has 3 nitrogen and oxygen atoms in total. The Kier molecular flexibility index (Phi) is 4.88. The summed E-state index contributed by atoms with van der Waals surface area (Å²) in [6.07, 6.45) is 0.958. The van der Waals surface area contributed by atoms with Crippen LogP contribution in [0.15, 0.2) is 17.5 Å². The molecular formula is C12H18N2OS2. The van der Waals surface area contributed by atoms with Crippen LogP contribution in [-0.2, 0) is 11.2 Å². The second kappa shape index (κ2) is 6.42. The van der Waals surface area contributed by atoms with E-state index < -0.39 is 0 Å². The van der Waals surface area contributed by atoms with E-state index in [0.29, 0.717) is 0 Å². The zero-order valence-electron chi connectivity index (χ0n) is 10.0. The summed E-state index contributed by atoms with van der Waals surface area (Å²) in [6, 6.07) is 4.20. The van der Waals surface area contributed by atoms with E-state index in [0.717, 1.165) is 31.0 Å². The molecule has 0 aliphatic carbocycles. The Hall–Kier alpha value is -0.520. The average molecular weight is 270 g/mol. The van der Waals surface area contributed by atoms with Gasteiger partial charge in [0.1, 0.15) is 0 Å². The molecule has 0 bridgehead atoms. The van der Waals surface area contributed by atoms with E-state index in [9.17, 15) is 4.79 Å². The second-order valence-electron chi connectivity index (χ2n) is 4.17. The molecule has 1 amide bonds. The van der Waals surface area contributed by atoms with Crippen LogP contribution in [0, 0.1) is 0 Å². The van der Waals surface area contributed by atoms with E-state index in [1.165, 1.54) is 4.88 Å². The number of thiophene rings is 1. The second-order valence-corrected chi connectivity index (χ2v) is 6.35. The highest BCUT2D eigenvalue weighted by Crippen LogP contribution is 2.12. The molecule has 17 heavy (non-hydrogen) atoms. The first-order valence-corrected chi connectivity index (χ1v) is 7.89. The smallest absolute Gasteiger partial charge is 0.240 e.